The fourth-order valence-corrected chi connectivity index (χ4v) is 3.86. The standard InChI is InChI=1S/C23H21FN2O4/c1-12-9-15-16(26-12)3-4-19(22(15)24)30-18-5-7-25-17-10-20(29-11-13(2)27)23-14(21(17)18)6-8-28-23/h3-5,7,9-10,13,26-27H,6,8,11H2,1-2H3/t13-/m0/s1. The summed E-state index contributed by atoms with van der Waals surface area (Å²) in [6, 6.07) is 8.68. The predicted molar refractivity (Wildman–Crippen MR) is 111 cm³/mol. The zero-order valence-corrected chi connectivity index (χ0v) is 16.7. The van der Waals surface area contributed by atoms with Gasteiger partial charge in [0.1, 0.15) is 12.4 Å². The van der Waals surface area contributed by atoms with Gasteiger partial charge in [0.15, 0.2) is 23.1 Å². The lowest BCUT2D eigenvalue weighted by atomic mass is 10.0. The van der Waals surface area contributed by atoms with Crippen molar-refractivity contribution in [3.8, 4) is 23.0 Å². The Morgan fingerprint density at radius 1 is 1.23 bits per heavy atom. The first-order chi connectivity index (χ1) is 14.5. The highest BCUT2D eigenvalue weighted by atomic mass is 19.1. The summed E-state index contributed by atoms with van der Waals surface area (Å²) in [5.41, 5.74) is 3.19. The van der Waals surface area contributed by atoms with Gasteiger partial charge in [0, 0.05) is 40.8 Å². The topological polar surface area (TPSA) is 76.6 Å². The van der Waals surface area contributed by atoms with E-state index < -0.39 is 11.9 Å². The zero-order chi connectivity index (χ0) is 20.8. The summed E-state index contributed by atoms with van der Waals surface area (Å²) in [7, 11) is 0. The number of halogens is 1. The number of rotatable bonds is 5. The molecule has 3 heterocycles. The highest BCUT2D eigenvalue weighted by Gasteiger charge is 2.25. The molecule has 1 aliphatic rings. The van der Waals surface area contributed by atoms with E-state index in [1.807, 2.05) is 6.92 Å². The first-order valence-corrected chi connectivity index (χ1v) is 9.85. The molecule has 0 amide bonds. The van der Waals surface area contributed by atoms with Gasteiger partial charge in [-0.1, -0.05) is 0 Å². The number of pyridine rings is 1. The quantitative estimate of drug-likeness (QED) is 0.503. The van der Waals surface area contributed by atoms with E-state index in [4.69, 9.17) is 14.2 Å². The van der Waals surface area contributed by atoms with E-state index in [9.17, 15) is 5.11 Å². The minimum atomic E-state index is -0.602. The van der Waals surface area contributed by atoms with Crippen LogP contribution in [-0.2, 0) is 6.42 Å². The molecule has 30 heavy (non-hydrogen) atoms. The number of aromatic nitrogens is 2. The van der Waals surface area contributed by atoms with Crippen LogP contribution >= 0.6 is 0 Å². The Labute approximate surface area is 172 Å². The van der Waals surface area contributed by atoms with Gasteiger partial charge in [-0.15, -0.1) is 0 Å². The van der Waals surface area contributed by atoms with Gasteiger partial charge >= 0.3 is 0 Å². The molecular formula is C23H21FN2O4. The third-order valence-corrected chi connectivity index (χ3v) is 5.14. The molecule has 0 radical (unpaired) electrons. The average molecular weight is 408 g/mol. The first kappa shape index (κ1) is 18.7. The molecule has 2 aromatic heterocycles. The van der Waals surface area contributed by atoms with Crippen LogP contribution in [0.4, 0.5) is 4.39 Å². The van der Waals surface area contributed by atoms with Crippen molar-refractivity contribution < 1.29 is 23.7 Å². The van der Waals surface area contributed by atoms with E-state index in [0.29, 0.717) is 41.2 Å². The molecule has 2 aromatic carbocycles. The third kappa shape index (κ3) is 3.11. The van der Waals surface area contributed by atoms with E-state index in [2.05, 4.69) is 9.97 Å². The Morgan fingerprint density at radius 2 is 2.10 bits per heavy atom. The predicted octanol–water partition coefficient (Wildman–Crippen LogP) is 4.65. The van der Waals surface area contributed by atoms with Crippen LogP contribution in [0, 0.1) is 12.7 Å². The molecule has 0 saturated heterocycles. The van der Waals surface area contributed by atoms with Crippen LogP contribution in [0.2, 0.25) is 0 Å². The molecule has 5 rings (SSSR count). The Morgan fingerprint density at radius 3 is 2.93 bits per heavy atom. The Kier molecular flexibility index (Phi) is 4.47. The first-order valence-electron chi connectivity index (χ1n) is 9.85. The largest absolute Gasteiger partial charge is 0.489 e. The molecule has 0 bridgehead atoms. The van der Waals surface area contributed by atoms with Gasteiger partial charge in [-0.3, -0.25) is 4.98 Å². The van der Waals surface area contributed by atoms with Gasteiger partial charge in [0.2, 0.25) is 0 Å². The zero-order valence-electron chi connectivity index (χ0n) is 16.7. The number of aliphatic hydroxyl groups excluding tert-OH is 1. The maximum atomic E-state index is 15.1. The maximum absolute atomic E-state index is 15.1. The van der Waals surface area contributed by atoms with E-state index in [-0.39, 0.29) is 12.4 Å². The van der Waals surface area contributed by atoms with Crippen LogP contribution in [0.5, 0.6) is 23.0 Å². The van der Waals surface area contributed by atoms with Crippen molar-refractivity contribution in [1.29, 1.82) is 0 Å². The van der Waals surface area contributed by atoms with Crippen LogP contribution in [0.1, 0.15) is 18.2 Å². The molecule has 0 spiro atoms. The maximum Gasteiger partial charge on any atom is 0.175 e. The van der Waals surface area contributed by atoms with Gasteiger partial charge < -0.3 is 24.3 Å². The molecule has 4 aromatic rings. The van der Waals surface area contributed by atoms with Crippen molar-refractivity contribution in [1.82, 2.24) is 9.97 Å². The number of hydrogen-bond acceptors (Lipinski definition) is 5. The summed E-state index contributed by atoms with van der Waals surface area (Å²) in [5.74, 6) is 1.41. The molecule has 0 unspecified atom stereocenters. The molecule has 1 aliphatic heterocycles. The van der Waals surface area contributed by atoms with E-state index in [1.165, 1.54) is 0 Å². The minimum Gasteiger partial charge on any atom is -0.489 e. The fourth-order valence-electron chi connectivity index (χ4n) is 3.86. The highest BCUT2D eigenvalue weighted by molar-refractivity contribution is 5.93. The molecule has 154 valence electrons. The van der Waals surface area contributed by atoms with Crippen LogP contribution in [0.25, 0.3) is 21.8 Å². The van der Waals surface area contributed by atoms with Crippen molar-refractivity contribution in [2.75, 3.05) is 13.2 Å². The SMILES string of the molecule is Cc1cc2c(F)c(Oc3ccnc4cc(OC[C@H](C)O)c5c(c34)CCO5)ccc2[nH]1. The lowest BCUT2D eigenvalue weighted by Crippen LogP contribution is -2.13. The minimum absolute atomic E-state index is 0.149. The normalized spacial score (nSPS) is 14.0. The van der Waals surface area contributed by atoms with E-state index in [0.717, 1.165) is 22.2 Å². The summed E-state index contributed by atoms with van der Waals surface area (Å²) < 4.78 is 32.6. The van der Waals surface area contributed by atoms with Crippen LogP contribution in [0.3, 0.4) is 0 Å². The second kappa shape index (κ2) is 7.18. The number of fused-ring (bicyclic) bond motifs is 4. The summed E-state index contributed by atoms with van der Waals surface area (Å²) in [6.45, 7) is 4.20. The van der Waals surface area contributed by atoms with Crippen LogP contribution < -0.4 is 14.2 Å². The molecule has 0 fully saturated rings. The summed E-state index contributed by atoms with van der Waals surface area (Å²) in [4.78, 5) is 7.57. The van der Waals surface area contributed by atoms with Crippen molar-refractivity contribution in [2.24, 2.45) is 0 Å². The number of aliphatic hydroxyl groups is 1. The fraction of sp³-hybridized carbons (Fsp3) is 0.261. The number of nitrogens with one attached hydrogen (secondary N) is 1. The number of ether oxygens (including phenoxy) is 3. The third-order valence-electron chi connectivity index (χ3n) is 5.14. The second-order valence-corrected chi connectivity index (χ2v) is 7.54. The number of hydrogen-bond donors (Lipinski definition) is 2. The van der Waals surface area contributed by atoms with Crippen molar-refractivity contribution in [3.05, 3.63) is 53.6 Å². The number of benzene rings is 2. The molecular weight excluding hydrogens is 387 g/mol. The molecule has 1 atom stereocenters. The number of aromatic amines is 1. The molecule has 7 heteroatoms. The van der Waals surface area contributed by atoms with Crippen molar-refractivity contribution in [3.63, 3.8) is 0 Å². The number of nitrogens with zero attached hydrogens (tertiary/aromatic N) is 1. The summed E-state index contributed by atoms with van der Waals surface area (Å²) >= 11 is 0. The van der Waals surface area contributed by atoms with Gasteiger partial charge in [-0.2, -0.15) is 0 Å². The average Bonchev–Trinajstić information content (AvgIpc) is 3.35. The van der Waals surface area contributed by atoms with Crippen LogP contribution in [0.15, 0.2) is 36.5 Å². The molecule has 2 N–H and O–H groups in total. The van der Waals surface area contributed by atoms with Crippen molar-refractivity contribution >= 4 is 21.8 Å². The van der Waals surface area contributed by atoms with E-state index >= 15 is 4.39 Å². The Bertz CT molecular complexity index is 1270. The van der Waals surface area contributed by atoms with Gasteiger partial charge in [0.05, 0.1) is 23.6 Å². The Hall–Kier alpha value is -3.32. The Balaban J connectivity index is 1.61. The highest BCUT2D eigenvalue weighted by Crippen LogP contribution is 2.45. The summed E-state index contributed by atoms with van der Waals surface area (Å²) in [5, 5.41) is 10.8. The van der Waals surface area contributed by atoms with Crippen LogP contribution in [-0.4, -0.2) is 34.4 Å². The molecule has 0 aliphatic carbocycles. The van der Waals surface area contributed by atoms with Gasteiger partial charge in [-0.25, -0.2) is 4.39 Å². The lowest BCUT2D eigenvalue weighted by molar-refractivity contribution is 0.120. The smallest absolute Gasteiger partial charge is 0.175 e. The number of H-pyrrole nitrogens is 1. The van der Waals surface area contributed by atoms with E-state index in [1.54, 1.807) is 43.5 Å². The van der Waals surface area contributed by atoms with Gasteiger partial charge in [-0.05, 0) is 38.1 Å². The monoisotopic (exact) mass is 408 g/mol. The second-order valence-electron chi connectivity index (χ2n) is 7.54. The lowest BCUT2D eigenvalue weighted by Gasteiger charge is -2.15. The summed E-state index contributed by atoms with van der Waals surface area (Å²) in [6.07, 6.45) is 1.68. The van der Waals surface area contributed by atoms with Crippen molar-refractivity contribution in [2.45, 2.75) is 26.4 Å². The number of aryl methyl sites for hydroxylation is 1. The molecule has 6 nitrogen and oxygen atoms in total. The molecule has 0 saturated carbocycles. The van der Waals surface area contributed by atoms with Gasteiger partial charge in [0.25, 0.3) is 0 Å².